The number of nitrogens with zero attached hydrogens (tertiary/aromatic N) is 1. The fraction of sp³-hybridized carbons (Fsp3) is 0.529. The van der Waals surface area contributed by atoms with Gasteiger partial charge in [0.15, 0.2) is 0 Å². The Morgan fingerprint density at radius 2 is 1.82 bits per heavy atom. The second kappa shape index (κ2) is 6.38. The highest BCUT2D eigenvalue weighted by Crippen LogP contribution is 2.19. The van der Waals surface area contributed by atoms with Gasteiger partial charge >= 0.3 is 6.09 Å². The molecular formula is C17H24N2O3. The molecule has 5 nitrogen and oxygen atoms in total. The number of hydrogen-bond donors (Lipinski definition) is 1. The van der Waals surface area contributed by atoms with Crippen LogP contribution in [0.5, 0.6) is 0 Å². The topological polar surface area (TPSA) is 58.6 Å². The van der Waals surface area contributed by atoms with Crippen LogP contribution in [0.3, 0.4) is 0 Å². The molecule has 2 rings (SSSR count). The van der Waals surface area contributed by atoms with E-state index in [4.69, 9.17) is 4.74 Å². The molecule has 120 valence electrons. The highest BCUT2D eigenvalue weighted by atomic mass is 16.6. The maximum absolute atomic E-state index is 12.4. The summed E-state index contributed by atoms with van der Waals surface area (Å²) in [4.78, 5) is 26.1. The number of likely N-dealkylation sites (tertiary alicyclic amines) is 1. The van der Waals surface area contributed by atoms with Crippen LogP contribution in [0.1, 0.15) is 38.1 Å². The average Bonchev–Trinajstić information content (AvgIpc) is 2.78. The lowest BCUT2D eigenvalue weighted by Crippen LogP contribution is -2.43. The number of carbonyl (C=O) groups is 2. The zero-order valence-corrected chi connectivity index (χ0v) is 13.6. The predicted molar refractivity (Wildman–Crippen MR) is 84.7 cm³/mol. The first-order valence-electron chi connectivity index (χ1n) is 7.60. The molecule has 1 fully saturated rings. The maximum Gasteiger partial charge on any atom is 0.407 e. The minimum Gasteiger partial charge on any atom is -0.444 e. The van der Waals surface area contributed by atoms with Gasteiger partial charge in [-0.05, 0) is 38.8 Å². The van der Waals surface area contributed by atoms with Crippen molar-refractivity contribution in [1.82, 2.24) is 10.2 Å². The van der Waals surface area contributed by atoms with Gasteiger partial charge < -0.3 is 15.0 Å². The monoisotopic (exact) mass is 304 g/mol. The Labute approximate surface area is 131 Å². The smallest absolute Gasteiger partial charge is 0.407 e. The van der Waals surface area contributed by atoms with Crippen LogP contribution in [0.2, 0.25) is 0 Å². The Kier molecular flexibility index (Phi) is 4.74. The van der Waals surface area contributed by atoms with Crippen LogP contribution in [0.25, 0.3) is 0 Å². The van der Waals surface area contributed by atoms with Gasteiger partial charge in [-0.3, -0.25) is 4.79 Å². The van der Waals surface area contributed by atoms with Crippen LogP contribution in [0, 0.1) is 5.92 Å². The summed E-state index contributed by atoms with van der Waals surface area (Å²) >= 11 is 0. The van der Waals surface area contributed by atoms with E-state index >= 15 is 0 Å². The van der Waals surface area contributed by atoms with Crippen molar-refractivity contribution >= 4 is 12.0 Å². The quantitative estimate of drug-likeness (QED) is 0.914. The van der Waals surface area contributed by atoms with Gasteiger partial charge in [0.2, 0.25) is 0 Å². The zero-order chi connectivity index (χ0) is 16.3. The van der Waals surface area contributed by atoms with E-state index in [0.29, 0.717) is 18.7 Å². The van der Waals surface area contributed by atoms with Crippen molar-refractivity contribution in [3.05, 3.63) is 35.9 Å². The molecule has 1 aromatic rings. The Bertz CT molecular complexity index is 537. The van der Waals surface area contributed by atoms with E-state index in [1.54, 1.807) is 4.90 Å². The first kappa shape index (κ1) is 16.3. The molecule has 5 heteroatoms. The van der Waals surface area contributed by atoms with Crippen LogP contribution < -0.4 is 5.32 Å². The molecule has 1 heterocycles. The molecule has 0 bridgehead atoms. The zero-order valence-electron chi connectivity index (χ0n) is 13.6. The molecule has 1 saturated heterocycles. The summed E-state index contributed by atoms with van der Waals surface area (Å²) in [6, 6.07) is 9.12. The van der Waals surface area contributed by atoms with Crippen molar-refractivity contribution in [1.29, 1.82) is 0 Å². The van der Waals surface area contributed by atoms with Gasteiger partial charge in [0.1, 0.15) is 5.60 Å². The van der Waals surface area contributed by atoms with E-state index in [9.17, 15) is 9.59 Å². The van der Waals surface area contributed by atoms with Crippen LogP contribution in [0.4, 0.5) is 4.79 Å². The summed E-state index contributed by atoms with van der Waals surface area (Å²) in [5.74, 6) is 0.195. The molecular weight excluding hydrogens is 280 g/mol. The SMILES string of the molecule is C[C@@H]1CN(C(=O)c2ccccc2)C[C@H]1NC(=O)OC(C)(C)C. The van der Waals surface area contributed by atoms with E-state index in [-0.39, 0.29) is 17.9 Å². The summed E-state index contributed by atoms with van der Waals surface area (Å²) in [5, 5.41) is 2.87. The Morgan fingerprint density at radius 3 is 2.41 bits per heavy atom. The second-order valence-electron chi connectivity index (χ2n) is 6.81. The van der Waals surface area contributed by atoms with Crippen LogP contribution >= 0.6 is 0 Å². The van der Waals surface area contributed by atoms with Gasteiger partial charge in [-0.25, -0.2) is 4.79 Å². The Balaban J connectivity index is 1.95. The lowest BCUT2D eigenvalue weighted by atomic mass is 10.1. The number of nitrogens with one attached hydrogen (secondary N) is 1. The lowest BCUT2D eigenvalue weighted by Gasteiger charge is -2.23. The molecule has 0 unspecified atom stereocenters. The number of hydrogen-bond acceptors (Lipinski definition) is 3. The molecule has 2 atom stereocenters. The van der Waals surface area contributed by atoms with Crippen molar-refractivity contribution in [2.75, 3.05) is 13.1 Å². The van der Waals surface area contributed by atoms with Gasteiger partial charge in [-0.1, -0.05) is 25.1 Å². The number of amides is 2. The van der Waals surface area contributed by atoms with Crippen LogP contribution in [-0.4, -0.2) is 41.6 Å². The minimum atomic E-state index is -0.522. The average molecular weight is 304 g/mol. The van der Waals surface area contributed by atoms with Crippen molar-refractivity contribution in [3.63, 3.8) is 0 Å². The predicted octanol–water partition coefficient (Wildman–Crippen LogP) is 2.67. The summed E-state index contributed by atoms with van der Waals surface area (Å²) in [6.45, 7) is 8.66. The first-order chi connectivity index (χ1) is 10.3. The third kappa shape index (κ3) is 4.23. The molecule has 0 radical (unpaired) electrons. The highest BCUT2D eigenvalue weighted by molar-refractivity contribution is 5.94. The Hall–Kier alpha value is -2.04. The van der Waals surface area contributed by atoms with E-state index in [0.717, 1.165) is 0 Å². The lowest BCUT2D eigenvalue weighted by molar-refractivity contribution is 0.0494. The van der Waals surface area contributed by atoms with Crippen molar-refractivity contribution < 1.29 is 14.3 Å². The molecule has 0 spiro atoms. The minimum absolute atomic E-state index is 0.000869. The standard InChI is InChI=1S/C17H24N2O3/c1-12-10-19(15(20)13-8-6-5-7-9-13)11-14(12)18-16(21)22-17(2,3)4/h5-9,12,14H,10-11H2,1-4H3,(H,18,21)/t12-,14-/m1/s1. The van der Waals surface area contributed by atoms with Gasteiger partial charge in [0.05, 0.1) is 6.04 Å². The fourth-order valence-corrected chi connectivity index (χ4v) is 2.54. The molecule has 1 N–H and O–H groups in total. The molecule has 0 saturated carbocycles. The maximum atomic E-state index is 12.4. The Morgan fingerprint density at radius 1 is 1.18 bits per heavy atom. The van der Waals surface area contributed by atoms with Gasteiger partial charge in [-0.15, -0.1) is 0 Å². The van der Waals surface area contributed by atoms with Crippen molar-refractivity contribution in [3.8, 4) is 0 Å². The molecule has 2 amide bonds. The summed E-state index contributed by atoms with van der Waals surface area (Å²) in [5.41, 5.74) is 0.151. The molecule has 1 aromatic carbocycles. The number of benzene rings is 1. The number of carbonyl (C=O) groups excluding carboxylic acids is 2. The summed E-state index contributed by atoms with van der Waals surface area (Å²) in [6.07, 6.45) is -0.432. The molecule has 1 aliphatic rings. The first-order valence-corrected chi connectivity index (χ1v) is 7.60. The molecule has 22 heavy (non-hydrogen) atoms. The second-order valence-corrected chi connectivity index (χ2v) is 6.81. The van der Waals surface area contributed by atoms with E-state index in [1.807, 2.05) is 58.0 Å². The number of rotatable bonds is 2. The van der Waals surface area contributed by atoms with E-state index in [2.05, 4.69) is 5.32 Å². The normalized spacial score (nSPS) is 21.5. The van der Waals surface area contributed by atoms with E-state index < -0.39 is 11.7 Å². The van der Waals surface area contributed by atoms with Crippen molar-refractivity contribution in [2.45, 2.75) is 39.3 Å². The largest absolute Gasteiger partial charge is 0.444 e. The third-order valence-corrected chi connectivity index (χ3v) is 3.62. The third-order valence-electron chi connectivity index (χ3n) is 3.62. The number of ether oxygens (including phenoxy) is 1. The van der Waals surface area contributed by atoms with E-state index in [1.165, 1.54) is 0 Å². The summed E-state index contributed by atoms with van der Waals surface area (Å²) < 4.78 is 5.27. The fourth-order valence-electron chi connectivity index (χ4n) is 2.54. The highest BCUT2D eigenvalue weighted by Gasteiger charge is 2.34. The van der Waals surface area contributed by atoms with Crippen LogP contribution in [-0.2, 0) is 4.74 Å². The van der Waals surface area contributed by atoms with Gasteiger partial charge in [-0.2, -0.15) is 0 Å². The number of alkyl carbamates (subject to hydrolysis) is 1. The molecule has 0 aliphatic carbocycles. The molecule has 1 aliphatic heterocycles. The van der Waals surface area contributed by atoms with Gasteiger partial charge in [0, 0.05) is 18.7 Å². The van der Waals surface area contributed by atoms with Crippen molar-refractivity contribution in [2.24, 2.45) is 5.92 Å². The summed E-state index contributed by atoms with van der Waals surface area (Å²) in [7, 11) is 0. The van der Waals surface area contributed by atoms with Crippen LogP contribution in [0.15, 0.2) is 30.3 Å². The molecule has 0 aromatic heterocycles. The van der Waals surface area contributed by atoms with Gasteiger partial charge in [0.25, 0.3) is 5.91 Å².